The van der Waals surface area contributed by atoms with Gasteiger partial charge in [0.25, 0.3) is 0 Å². The molecule has 0 aliphatic carbocycles. The number of ether oxygens (including phenoxy) is 1. The summed E-state index contributed by atoms with van der Waals surface area (Å²) in [5.41, 5.74) is 1.16. The van der Waals surface area contributed by atoms with Crippen molar-refractivity contribution in [3.63, 3.8) is 0 Å². The van der Waals surface area contributed by atoms with E-state index in [1.54, 1.807) is 0 Å². The van der Waals surface area contributed by atoms with E-state index in [1.807, 2.05) is 35.2 Å². The van der Waals surface area contributed by atoms with Gasteiger partial charge in [-0.15, -0.1) is 0 Å². The summed E-state index contributed by atoms with van der Waals surface area (Å²) in [6.45, 7) is 12.4. The average Bonchev–Trinajstić information content (AvgIpc) is 2.77. The largest absolute Gasteiger partial charge is 0.377 e. The second kappa shape index (κ2) is 12.9. The summed E-state index contributed by atoms with van der Waals surface area (Å²) in [6.07, 6.45) is 2.02. The van der Waals surface area contributed by atoms with Gasteiger partial charge in [-0.3, -0.25) is 19.4 Å². The molecule has 32 heavy (non-hydrogen) atoms. The summed E-state index contributed by atoms with van der Waals surface area (Å²) in [7, 11) is 0. The van der Waals surface area contributed by atoms with Gasteiger partial charge >= 0.3 is 0 Å². The number of piperidine rings is 1. The Morgan fingerprint density at radius 1 is 0.969 bits per heavy atom. The number of hydrogen-bond donors (Lipinski definition) is 1. The third kappa shape index (κ3) is 8.52. The first-order valence-electron chi connectivity index (χ1n) is 12.1. The molecule has 0 saturated carbocycles. The molecule has 0 bridgehead atoms. The fourth-order valence-corrected chi connectivity index (χ4v) is 4.69. The Morgan fingerprint density at radius 2 is 1.59 bits per heavy atom. The number of amides is 2. The number of carbonyl (C=O) groups excluding carboxylic acids is 2. The standard InChI is InChI=1S/C25H40N4O3/c1-21-15-22(2)17-29(16-21)25(31)19-28-12-10-27(11-13-28)18-24(30)26-9-6-14-32-20-23-7-4-3-5-8-23/h3-5,7-8,21-22H,6,9-20H2,1-2H3,(H,26,30). The van der Waals surface area contributed by atoms with Crippen molar-refractivity contribution in [1.29, 1.82) is 0 Å². The predicted molar refractivity (Wildman–Crippen MR) is 126 cm³/mol. The third-order valence-corrected chi connectivity index (χ3v) is 6.31. The summed E-state index contributed by atoms with van der Waals surface area (Å²) < 4.78 is 5.65. The Hall–Kier alpha value is -1.96. The molecule has 1 N–H and O–H groups in total. The van der Waals surface area contributed by atoms with Crippen LogP contribution in [0, 0.1) is 11.8 Å². The van der Waals surface area contributed by atoms with Crippen LogP contribution in [-0.4, -0.2) is 92.0 Å². The number of piperazine rings is 1. The van der Waals surface area contributed by atoms with Crippen LogP contribution in [0.15, 0.2) is 30.3 Å². The maximum atomic E-state index is 12.7. The van der Waals surface area contributed by atoms with Crippen molar-refractivity contribution < 1.29 is 14.3 Å². The summed E-state index contributed by atoms with van der Waals surface area (Å²) in [6, 6.07) is 10.1. The Bertz CT molecular complexity index is 696. The Kier molecular flexibility index (Phi) is 9.96. The lowest BCUT2D eigenvalue weighted by atomic mass is 9.92. The molecule has 7 heteroatoms. The molecule has 2 saturated heterocycles. The molecule has 2 amide bonds. The van der Waals surface area contributed by atoms with Crippen LogP contribution in [0.5, 0.6) is 0 Å². The van der Waals surface area contributed by atoms with Crippen molar-refractivity contribution in [2.75, 3.05) is 65.5 Å². The second-order valence-electron chi connectivity index (χ2n) is 9.54. The quantitative estimate of drug-likeness (QED) is 0.558. The molecule has 2 heterocycles. The molecule has 0 spiro atoms. The number of carbonyl (C=O) groups is 2. The zero-order chi connectivity index (χ0) is 22.8. The van der Waals surface area contributed by atoms with E-state index >= 15 is 0 Å². The second-order valence-corrected chi connectivity index (χ2v) is 9.54. The van der Waals surface area contributed by atoms with Gasteiger partial charge in [-0.25, -0.2) is 0 Å². The predicted octanol–water partition coefficient (Wildman–Crippen LogP) is 1.83. The van der Waals surface area contributed by atoms with E-state index in [0.717, 1.165) is 51.3 Å². The zero-order valence-corrected chi connectivity index (χ0v) is 19.8. The minimum atomic E-state index is 0.0638. The molecular formula is C25H40N4O3. The molecule has 7 nitrogen and oxygen atoms in total. The number of likely N-dealkylation sites (tertiary alicyclic amines) is 1. The highest BCUT2D eigenvalue weighted by Crippen LogP contribution is 2.21. The van der Waals surface area contributed by atoms with Gasteiger partial charge < -0.3 is 15.0 Å². The third-order valence-electron chi connectivity index (χ3n) is 6.31. The van der Waals surface area contributed by atoms with Crippen molar-refractivity contribution in [3.05, 3.63) is 35.9 Å². The molecule has 3 rings (SSSR count). The number of nitrogens with one attached hydrogen (secondary N) is 1. The fourth-order valence-electron chi connectivity index (χ4n) is 4.69. The first-order chi connectivity index (χ1) is 15.5. The van der Waals surface area contributed by atoms with E-state index in [1.165, 1.54) is 6.42 Å². The Balaban J connectivity index is 1.23. The average molecular weight is 445 g/mol. The summed E-state index contributed by atoms with van der Waals surface area (Å²) in [5.74, 6) is 1.50. The molecule has 2 fully saturated rings. The Labute approximate surface area is 193 Å². The van der Waals surface area contributed by atoms with Crippen LogP contribution in [0.25, 0.3) is 0 Å². The lowest BCUT2D eigenvalue weighted by Gasteiger charge is -2.38. The Morgan fingerprint density at radius 3 is 2.25 bits per heavy atom. The number of hydrogen-bond acceptors (Lipinski definition) is 5. The van der Waals surface area contributed by atoms with Gasteiger partial charge in [0.05, 0.1) is 19.7 Å². The van der Waals surface area contributed by atoms with E-state index in [9.17, 15) is 9.59 Å². The van der Waals surface area contributed by atoms with E-state index in [-0.39, 0.29) is 11.8 Å². The van der Waals surface area contributed by atoms with Crippen LogP contribution >= 0.6 is 0 Å². The minimum absolute atomic E-state index is 0.0638. The highest BCUT2D eigenvalue weighted by molar-refractivity contribution is 5.78. The zero-order valence-electron chi connectivity index (χ0n) is 19.8. The highest BCUT2D eigenvalue weighted by atomic mass is 16.5. The van der Waals surface area contributed by atoms with Gasteiger partial charge in [0.15, 0.2) is 0 Å². The van der Waals surface area contributed by atoms with Gasteiger partial charge in [0.1, 0.15) is 0 Å². The smallest absolute Gasteiger partial charge is 0.236 e. The van der Waals surface area contributed by atoms with Crippen molar-refractivity contribution in [2.45, 2.75) is 33.3 Å². The summed E-state index contributed by atoms with van der Waals surface area (Å²) in [5, 5.41) is 2.99. The van der Waals surface area contributed by atoms with Crippen LogP contribution in [0.1, 0.15) is 32.3 Å². The van der Waals surface area contributed by atoms with Gasteiger partial charge in [0, 0.05) is 52.4 Å². The van der Waals surface area contributed by atoms with Crippen LogP contribution < -0.4 is 5.32 Å². The lowest BCUT2D eigenvalue weighted by molar-refractivity contribution is -0.135. The molecule has 2 unspecified atom stereocenters. The van der Waals surface area contributed by atoms with Crippen molar-refractivity contribution in [2.24, 2.45) is 11.8 Å². The highest BCUT2D eigenvalue weighted by Gasteiger charge is 2.27. The number of benzene rings is 1. The van der Waals surface area contributed by atoms with Crippen molar-refractivity contribution >= 4 is 11.8 Å². The van der Waals surface area contributed by atoms with Gasteiger partial charge in [-0.05, 0) is 30.2 Å². The molecule has 2 aliphatic rings. The number of rotatable bonds is 10. The van der Waals surface area contributed by atoms with E-state index in [0.29, 0.717) is 44.7 Å². The molecule has 0 aromatic heterocycles. The molecule has 2 aliphatic heterocycles. The van der Waals surface area contributed by atoms with E-state index < -0.39 is 0 Å². The van der Waals surface area contributed by atoms with Crippen molar-refractivity contribution in [3.8, 4) is 0 Å². The number of nitrogens with zero attached hydrogens (tertiary/aromatic N) is 3. The van der Waals surface area contributed by atoms with Gasteiger partial charge in [-0.2, -0.15) is 0 Å². The fraction of sp³-hybridized carbons (Fsp3) is 0.680. The first kappa shape index (κ1) is 24.7. The molecule has 178 valence electrons. The topological polar surface area (TPSA) is 65.1 Å². The van der Waals surface area contributed by atoms with Crippen LogP contribution in [-0.2, 0) is 20.9 Å². The maximum absolute atomic E-state index is 12.7. The normalized spacial score (nSPS) is 22.6. The summed E-state index contributed by atoms with van der Waals surface area (Å²) in [4.78, 5) is 31.4. The van der Waals surface area contributed by atoms with Crippen molar-refractivity contribution in [1.82, 2.24) is 20.0 Å². The lowest BCUT2D eigenvalue weighted by Crippen LogP contribution is -2.53. The van der Waals surface area contributed by atoms with E-state index in [2.05, 4.69) is 29.0 Å². The molecule has 2 atom stereocenters. The monoisotopic (exact) mass is 444 g/mol. The molecule has 1 aromatic carbocycles. The van der Waals surface area contributed by atoms with Crippen LogP contribution in [0.2, 0.25) is 0 Å². The SMILES string of the molecule is CC1CC(C)CN(C(=O)CN2CCN(CC(=O)NCCCOCc3ccccc3)CC2)C1. The van der Waals surface area contributed by atoms with E-state index in [4.69, 9.17) is 4.74 Å². The first-order valence-corrected chi connectivity index (χ1v) is 12.1. The maximum Gasteiger partial charge on any atom is 0.236 e. The molecule has 0 radical (unpaired) electrons. The minimum Gasteiger partial charge on any atom is -0.377 e. The molecule has 1 aromatic rings. The molecular weight excluding hydrogens is 404 g/mol. The van der Waals surface area contributed by atoms with Crippen LogP contribution in [0.4, 0.5) is 0 Å². The van der Waals surface area contributed by atoms with Gasteiger partial charge in [-0.1, -0.05) is 44.2 Å². The van der Waals surface area contributed by atoms with Crippen LogP contribution in [0.3, 0.4) is 0 Å². The van der Waals surface area contributed by atoms with Gasteiger partial charge in [0.2, 0.25) is 11.8 Å². The summed E-state index contributed by atoms with van der Waals surface area (Å²) >= 11 is 0.